The minimum atomic E-state index is -0.287. The highest BCUT2D eigenvalue weighted by Gasteiger charge is 2.12. The topological polar surface area (TPSA) is 58.4 Å². The van der Waals surface area contributed by atoms with E-state index in [1.54, 1.807) is 17.0 Å². The second kappa shape index (κ2) is 3.05. The lowest BCUT2D eigenvalue weighted by Gasteiger charge is -2.09. The van der Waals surface area contributed by atoms with E-state index in [0.29, 0.717) is 6.54 Å². The van der Waals surface area contributed by atoms with Gasteiger partial charge in [0.15, 0.2) is 0 Å². The van der Waals surface area contributed by atoms with Crippen LogP contribution in [-0.4, -0.2) is 29.8 Å². The molecule has 1 fully saturated rings. The molecule has 1 amide bonds. The van der Waals surface area contributed by atoms with E-state index in [4.69, 9.17) is 5.73 Å². The van der Waals surface area contributed by atoms with Crippen LogP contribution >= 0.6 is 11.9 Å². The van der Waals surface area contributed by atoms with Crippen molar-refractivity contribution in [2.45, 2.75) is 0 Å². The van der Waals surface area contributed by atoms with Gasteiger partial charge in [-0.05, 0) is 0 Å². The summed E-state index contributed by atoms with van der Waals surface area (Å²) < 4.78 is 0. The van der Waals surface area contributed by atoms with Crippen molar-refractivity contribution in [3.8, 4) is 0 Å². The molecule has 0 atom stereocenters. The smallest absolute Gasteiger partial charge is 0.233 e. The van der Waals surface area contributed by atoms with Crippen LogP contribution in [0.2, 0.25) is 0 Å². The third kappa shape index (κ3) is 2.21. The third-order valence-electron chi connectivity index (χ3n) is 1.00. The monoisotopic (exact) mass is 147 g/mol. The molecule has 4 nitrogen and oxygen atoms in total. The van der Waals surface area contributed by atoms with E-state index in [9.17, 15) is 4.79 Å². The molecule has 0 spiro atoms. The van der Waals surface area contributed by atoms with Gasteiger partial charge in [-0.3, -0.25) is 4.79 Å². The summed E-state index contributed by atoms with van der Waals surface area (Å²) >= 11 is 1.59. The summed E-state index contributed by atoms with van der Waals surface area (Å²) in [6.45, 7) is 1.21. The van der Waals surface area contributed by atoms with Gasteiger partial charge >= 0.3 is 0 Å². The highest BCUT2D eigenvalue weighted by molar-refractivity contribution is 7.97. The van der Waals surface area contributed by atoms with Crippen LogP contribution in [-0.2, 0) is 4.79 Å². The number of rotatable bonds is 2. The van der Waals surface area contributed by atoms with Gasteiger partial charge in [0, 0.05) is 12.3 Å². The highest BCUT2D eigenvalue weighted by atomic mass is 32.2. The lowest BCUT2D eigenvalue weighted by Crippen LogP contribution is -2.36. The summed E-state index contributed by atoms with van der Waals surface area (Å²) in [4.78, 5) is 13.2. The molecule has 0 aromatic rings. The van der Waals surface area contributed by atoms with Crippen molar-refractivity contribution in [1.82, 2.24) is 9.84 Å². The molecule has 0 aromatic heterocycles. The molecule has 1 aliphatic rings. The molecular weight excluding hydrogens is 138 g/mol. The standard InChI is InChI=1S/C4H9N3OS/c5-4(8)3-7-1-2-9-6-7/h6H,1-3H2,(H2,5,8). The van der Waals surface area contributed by atoms with Gasteiger partial charge in [-0.1, -0.05) is 11.9 Å². The Kier molecular flexibility index (Phi) is 2.32. The molecule has 0 bridgehead atoms. The average Bonchev–Trinajstić information content (AvgIpc) is 2.15. The molecule has 0 saturated carbocycles. The third-order valence-corrected chi connectivity index (χ3v) is 1.78. The molecule has 0 unspecified atom stereocenters. The predicted octanol–water partition coefficient (Wildman–Crippen LogP) is -1.06. The Bertz CT molecular complexity index is 112. The van der Waals surface area contributed by atoms with Gasteiger partial charge in [-0.15, -0.1) is 0 Å². The van der Waals surface area contributed by atoms with Crippen LogP contribution in [0.25, 0.3) is 0 Å². The highest BCUT2D eigenvalue weighted by Crippen LogP contribution is 2.03. The molecule has 1 aliphatic heterocycles. The van der Waals surface area contributed by atoms with Gasteiger partial charge in [0.2, 0.25) is 5.91 Å². The van der Waals surface area contributed by atoms with Crippen LogP contribution < -0.4 is 10.6 Å². The van der Waals surface area contributed by atoms with Gasteiger partial charge in [0.05, 0.1) is 6.54 Å². The number of amides is 1. The van der Waals surface area contributed by atoms with Crippen molar-refractivity contribution < 1.29 is 4.79 Å². The second-order valence-corrected chi connectivity index (χ2v) is 2.71. The number of carbonyl (C=O) groups is 1. The minimum Gasteiger partial charge on any atom is -0.369 e. The van der Waals surface area contributed by atoms with E-state index in [0.717, 1.165) is 12.3 Å². The molecule has 52 valence electrons. The quantitative estimate of drug-likeness (QED) is 0.489. The van der Waals surface area contributed by atoms with Gasteiger partial charge in [0.25, 0.3) is 0 Å². The zero-order valence-corrected chi connectivity index (χ0v) is 5.78. The van der Waals surface area contributed by atoms with Crippen molar-refractivity contribution >= 4 is 17.9 Å². The fourth-order valence-electron chi connectivity index (χ4n) is 0.638. The predicted molar refractivity (Wildman–Crippen MR) is 36.4 cm³/mol. The molecule has 3 N–H and O–H groups in total. The van der Waals surface area contributed by atoms with Crippen LogP contribution in [0.3, 0.4) is 0 Å². The van der Waals surface area contributed by atoms with Crippen molar-refractivity contribution in [3.05, 3.63) is 0 Å². The minimum absolute atomic E-state index is 0.287. The summed E-state index contributed by atoms with van der Waals surface area (Å²) in [7, 11) is 0. The second-order valence-electron chi connectivity index (χ2n) is 1.83. The number of hydrazine groups is 1. The first-order valence-electron chi connectivity index (χ1n) is 2.70. The first-order chi connectivity index (χ1) is 4.29. The molecule has 1 heterocycles. The number of carbonyl (C=O) groups excluding carboxylic acids is 1. The maximum atomic E-state index is 10.3. The largest absolute Gasteiger partial charge is 0.369 e. The fourth-order valence-corrected chi connectivity index (χ4v) is 1.38. The average molecular weight is 147 g/mol. The molecule has 9 heavy (non-hydrogen) atoms. The normalized spacial score (nSPS) is 20.4. The Morgan fingerprint density at radius 3 is 3.11 bits per heavy atom. The van der Waals surface area contributed by atoms with E-state index in [2.05, 4.69) is 4.83 Å². The SMILES string of the molecule is NC(=O)CN1CCSN1. The number of primary amides is 1. The molecule has 1 rings (SSSR count). The van der Waals surface area contributed by atoms with Crippen molar-refractivity contribution in [1.29, 1.82) is 0 Å². The number of hydrogen-bond donors (Lipinski definition) is 2. The zero-order valence-electron chi connectivity index (χ0n) is 4.96. The number of nitrogens with zero attached hydrogens (tertiary/aromatic N) is 1. The van der Waals surface area contributed by atoms with E-state index >= 15 is 0 Å². The van der Waals surface area contributed by atoms with Crippen LogP contribution in [0.1, 0.15) is 0 Å². The van der Waals surface area contributed by atoms with Crippen LogP contribution in [0.15, 0.2) is 0 Å². The van der Waals surface area contributed by atoms with Gasteiger partial charge in [-0.25, -0.2) is 5.01 Å². The van der Waals surface area contributed by atoms with Crippen molar-refractivity contribution in [2.75, 3.05) is 18.8 Å². The summed E-state index contributed by atoms with van der Waals surface area (Å²) in [6.07, 6.45) is 0. The summed E-state index contributed by atoms with van der Waals surface area (Å²) in [5, 5.41) is 1.80. The Morgan fingerprint density at radius 2 is 2.67 bits per heavy atom. The van der Waals surface area contributed by atoms with E-state index in [-0.39, 0.29) is 5.91 Å². The van der Waals surface area contributed by atoms with Crippen LogP contribution in [0.5, 0.6) is 0 Å². The molecular formula is C4H9N3OS. The maximum Gasteiger partial charge on any atom is 0.233 e. The number of nitrogens with one attached hydrogen (secondary N) is 1. The molecule has 0 radical (unpaired) electrons. The van der Waals surface area contributed by atoms with E-state index in [1.807, 2.05) is 0 Å². The van der Waals surface area contributed by atoms with Gasteiger partial charge in [-0.2, -0.15) is 4.83 Å². The maximum absolute atomic E-state index is 10.3. The molecule has 0 aliphatic carbocycles. The fraction of sp³-hybridized carbons (Fsp3) is 0.750. The van der Waals surface area contributed by atoms with E-state index < -0.39 is 0 Å². The van der Waals surface area contributed by atoms with Crippen molar-refractivity contribution in [2.24, 2.45) is 5.73 Å². The Morgan fingerprint density at radius 1 is 1.89 bits per heavy atom. The summed E-state index contributed by atoms with van der Waals surface area (Å²) in [5.41, 5.74) is 4.94. The summed E-state index contributed by atoms with van der Waals surface area (Å²) in [6, 6.07) is 0. The van der Waals surface area contributed by atoms with Crippen LogP contribution in [0.4, 0.5) is 0 Å². The number of nitrogens with two attached hydrogens (primary N) is 1. The lowest BCUT2D eigenvalue weighted by atomic mass is 10.6. The Hall–Kier alpha value is -0.260. The number of hydrogen-bond acceptors (Lipinski definition) is 4. The van der Waals surface area contributed by atoms with Gasteiger partial charge < -0.3 is 5.73 Å². The Labute approximate surface area is 57.9 Å². The summed E-state index contributed by atoms with van der Waals surface area (Å²) in [5.74, 6) is 0.734. The molecule has 5 heteroatoms. The van der Waals surface area contributed by atoms with E-state index in [1.165, 1.54) is 0 Å². The molecule has 0 aromatic carbocycles. The lowest BCUT2D eigenvalue weighted by molar-refractivity contribution is -0.119. The first kappa shape index (κ1) is 6.85. The molecule has 1 saturated heterocycles. The Balaban J connectivity index is 2.19. The van der Waals surface area contributed by atoms with Crippen molar-refractivity contribution in [3.63, 3.8) is 0 Å². The van der Waals surface area contributed by atoms with Gasteiger partial charge in [0.1, 0.15) is 0 Å². The zero-order chi connectivity index (χ0) is 6.69. The van der Waals surface area contributed by atoms with Crippen LogP contribution in [0, 0.1) is 0 Å². The first-order valence-corrected chi connectivity index (χ1v) is 3.68.